The lowest BCUT2D eigenvalue weighted by atomic mass is 9.88. The molecule has 0 amide bonds. The minimum atomic E-state index is -4.68. The van der Waals surface area contributed by atoms with Gasteiger partial charge in [0.1, 0.15) is 18.5 Å². The number of ketones is 1. The quantitative estimate of drug-likeness (QED) is 0.0172. The molecule has 0 aromatic carbocycles. The molecular weight excluding hydrogens is 767 g/mol. The minimum absolute atomic E-state index is 0.00942. The summed E-state index contributed by atoms with van der Waals surface area (Å²) < 4.78 is 32.7. The molecule has 13 nitrogen and oxygen atoms in total. The van der Waals surface area contributed by atoms with Crippen molar-refractivity contribution in [2.24, 2.45) is 11.8 Å². The fourth-order valence-electron chi connectivity index (χ4n) is 6.95. The van der Waals surface area contributed by atoms with Crippen LogP contribution in [0.3, 0.4) is 0 Å². The Morgan fingerprint density at radius 1 is 0.759 bits per heavy atom. The van der Waals surface area contributed by atoms with Gasteiger partial charge in [0.2, 0.25) is 0 Å². The molecule has 0 radical (unpaired) electrons. The van der Waals surface area contributed by atoms with E-state index >= 15 is 0 Å². The second-order valence-electron chi connectivity index (χ2n) is 15.9. The van der Waals surface area contributed by atoms with Crippen LogP contribution >= 0.6 is 7.82 Å². The normalized spacial score (nSPS) is 19.8. The van der Waals surface area contributed by atoms with Crippen LogP contribution in [0.5, 0.6) is 0 Å². The largest absolute Gasteiger partial charge is 0.472 e. The molecule has 1 saturated carbocycles. The van der Waals surface area contributed by atoms with Crippen LogP contribution in [0.4, 0.5) is 0 Å². The zero-order valence-electron chi connectivity index (χ0n) is 35.7. The Morgan fingerprint density at radius 2 is 1.31 bits per heavy atom. The Labute approximate surface area is 349 Å². The average Bonchev–Trinajstić information content (AvgIpc) is 3.47. The Balaban J connectivity index is 2.43. The van der Waals surface area contributed by atoms with Crippen LogP contribution in [0.1, 0.15) is 174 Å². The first kappa shape index (κ1) is 54.1. The van der Waals surface area contributed by atoms with Crippen LogP contribution < -0.4 is 0 Å². The number of phosphoric acid groups is 1. The number of Topliss-reactive ketones (excluding diaryl/α,β-unsaturated/α-hetero) is 1. The molecule has 1 aliphatic carbocycles. The number of ether oxygens (including phenoxy) is 2. The molecule has 0 spiro atoms. The van der Waals surface area contributed by atoms with E-state index in [9.17, 15) is 39.2 Å². The van der Waals surface area contributed by atoms with Crippen molar-refractivity contribution in [3.05, 3.63) is 24.3 Å². The topological polar surface area (TPSA) is 206 Å². The van der Waals surface area contributed by atoms with Crippen molar-refractivity contribution in [1.82, 2.24) is 0 Å². The first-order chi connectivity index (χ1) is 27.9. The number of aliphatic hydroxyl groups excluding tert-OH is 4. The molecule has 1 aliphatic rings. The maximum Gasteiger partial charge on any atom is 0.472 e. The van der Waals surface area contributed by atoms with Crippen molar-refractivity contribution in [2.75, 3.05) is 26.4 Å². The van der Waals surface area contributed by atoms with Gasteiger partial charge in [-0.15, -0.1) is 0 Å². The summed E-state index contributed by atoms with van der Waals surface area (Å²) in [6.07, 6.45) is 26.1. The van der Waals surface area contributed by atoms with Gasteiger partial charge in [-0.3, -0.25) is 23.4 Å². The van der Waals surface area contributed by atoms with Crippen molar-refractivity contribution in [3.63, 3.8) is 0 Å². The summed E-state index contributed by atoms with van der Waals surface area (Å²) in [5.74, 6) is -1.70. The number of phosphoric ester groups is 1. The van der Waals surface area contributed by atoms with Gasteiger partial charge < -0.3 is 34.8 Å². The molecule has 1 unspecified atom stereocenters. The summed E-state index contributed by atoms with van der Waals surface area (Å²) in [5, 5.41) is 39.1. The number of hydrogen-bond acceptors (Lipinski definition) is 12. The molecule has 338 valence electrons. The number of allylic oxidation sites excluding steroid dienone is 3. The van der Waals surface area contributed by atoms with Crippen molar-refractivity contribution < 1.29 is 62.8 Å². The van der Waals surface area contributed by atoms with Crippen LogP contribution in [0.25, 0.3) is 0 Å². The number of esters is 2. The molecule has 0 aliphatic heterocycles. The second kappa shape index (κ2) is 34.7. The zero-order valence-corrected chi connectivity index (χ0v) is 36.6. The summed E-state index contributed by atoms with van der Waals surface area (Å²) in [6, 6.07) is 0. The van der Waals surface area contributed by atoms with Crippen molar-refractivity contribution in [1.29, 1.82) is 0 Å². The first-order valence-electron chi connectivity index (χ1n) is 22.4. The van der Waals surface area contributed by atoms with E-state index in [-0.39, 0.29) is 31.0 Å². The van der Waals surface area contributed by atoms with E-state index in [0.717, 1.165) is 64.2 Å². The second-order valence-corrected chi connectivity index (χ2v) is 17.3. The zero-order chi connectivity index (χ0) is 42.9. The van der Waals surface area contributed by atoms with Crippen molar-refractivity contribution >= 4 is 25.5 Å². The van der Waals surface area contributed by atoms with Crippen molar-refractivity contribution in [3.8, 4) is 0 Å². The highest BCUT2D eigenvalue weighted by Crippen LogP contribution is 2.43. The third-order valence-corrected chi connectivity index (χ3v) is 11.4. The Morgan fingerprint density at radius 3 is 1.95 bits per heavy atom. The highest BCUT2D eigenvalue weighted by molar-refractivity contribution is 7.47. The molecule has 1 fully saturated rings. The maximum atomic E-state index is 12.7. The SMILES string of the molecule is CCCCCC/C=C\CCCCCCCCCC(=O)O[C@H](COC(=O)CCCCCC[C@H]1[C@@H](O)CC(=O)[C@@H]1/C=C/[C@@H](O)CCCCC)COP(=O)(O)OC[C@@H](O)CO. The Kier molecular flexibility index (Phi) is 32.4. The third-order valence-electron chi connectivity index (χ3n) is 10.5. The Bertz CT molecular complexity index is 1180. The predicted octanol–water partition coefficient (Wildman–Crippen LogP) is 8.37. The molecule has 0 heterocycles. The molecular formula is C44H79O13P. The number of unbranched alkanes of at least 4 members (excludes halogenated alkanes) is 16. The van der Waals surface area contributed by atoms with Gasteiger partial charge in [-0.05, 0) is 57.3 Å². The van der Waals surface area contributed by atoms with Gasteiger partial charge >= 0.3 is 19.8 Å². The van der Waals surface area contributed by atoms with Crippen LogP contribution in [-0.4, -0.2) is 93.9 Å². The molecule has 0 bridgehead atoms. The molecule has 7 atom stereocenters. The number of carbonyl (C=O) groups is 3. The van der Waals surface area contributed by atoms with E-state index in [2.05, 4.69) is 30.5 Å². The number of hydrogen-bond donors (Lipinski definition) is 5. The van der Waals surface area contributed by atoms with Crippen LogP contribution in [0.2, 0.25) is 0 Å². The van der Waals surface area contributed by atoms with Crippen LogP contribution in [-0.2, 0) is 37.5 Å². The highest BCUT2D eigenvalue weighted by atomic mass is 31.2. The van der Waals surface area contributed by atoms with E-state index in [1.54, 1.807) is 12.2 Å². The maximum absolute atomic E-state index is 12.7. The lowest BCUT2D eigenvalue weighted by molar-refractivity contribution is -0.161. The fourth-order valence-corrected chi connectivity index (χ4v) is 7.74. The Hall–Kier alpha value is -1.96. The number of rotatable bonds is 38. The molecule has 5 N–H and O–H groups in total. The summed E-state index contributed by atoms with van der Waals surface area (Å²) in [4.78, 5) is 47.7. The van der Waals surface area contributed by atoms with E-state index in [4.69, 9.17) is 19.1 Å². The molecule has 1 rings (SSSR count). The first-order valence-corrected chi connectivity index (χ1v) is 23.9. The van der Waals surface area contributed by atoms with Gasteiger partial charge in [0.25, 0.3) is 0 Å². The molecule has 0 aromatic rings. The summed E-state index contributed by atoms with van der Waals surface area (Å²) in [7, 11) is -4.68. The van der Waals surface area contributed by atoms with E-state index < -0.39 is 76.5 Å². The monoisotopic (exact) mass is 847 g/mol. The molecule has 0 aromatic heterocycles. The summed E-state index contributed by atoms with van der Waals surface area (Å²) in [6.45, 7) is 2.00. The minimum Gasteiger partial charge on any atom is -0.462 e. The van der Waals surface area contributed by atoms with Gasteiger partial charge in [0.15, 0.2) is 6.10 Å². The van der Waals surface area contributed by atoms with E-state index in [0.29, 0.717) is 32.1 Å². The van der Waals surface area contributed by atoms with Gasteiger partial charge in [0, 0.05) is 25.2 Å². The number of aliphatic hydroxyl groups is 4. The molecule has 14 heteroatoms. The van der Waals surface area contributed by atoms with E-state index in [1.165, 1.54) is 44.9 Å². The molecule has 58 heavy (non-hydrogen) atoms. The smallest absolute Gasteiger partial charge is 0.462 e. The van der Waals surface area contributed by atoms with Gasteiger partial charge in [-0.1, -0.05) is 128 Å². The fraction of sp³-hybridized carbons (Fsp3) is 0.841. The predicted molar refractivity (Wildman–Crippen MR) is 225 cm³/mol. The standard InChI is InChI=1S/C44H79O13P/c1-3-5-7-8-9-10-11-12-13-14-15-16-17-18-24-28-44(51)57-38(35-56-58(52,53)55-33-37(47)32-45)34-54-43(50)27-23-20-19-22-26-39-40(42(49)31-41(39)48)30-29-36(46)25-21-6-4-2/h10-11,29-30,36-41,45-48H,3-9,12-28,31-35H2,1-2H3,(H,52,53)/b11-10-,30-29+/t36-,37-,38+,39+,40+,41-/m0/s1. The average molecular weight is 847 g/mol. The summed E-state index contributed by atoms with van der Waals surface area (Å²) in [5.41, 5.74) is 0. The third kappa shape index (κ3) is 28.5. The van der Waals surface area contributed by atoms with Crippen LogP contribution in [0.15, 0.2) is 24.3 Å². The summed E-state index contributed by atoms with van der Waals surface area (Å²) >= 11 is 0. The van der Waals surface area contributed by atoms with Gasteiger partial charge in [0.05, 0.1) is 32.0 Å². The van der Waals surface area contributed by atoms with Gasteiger partial charge in [-0.2, -0.15) is 0 Å². The number of carbonyl (C=O) groups excluding carboxylic acids is 3. The van der Waals surface area contributed by atoms with E-state index in [1.807, 2.05) is 0 Å². The highest BCUT2D eigenvalue weighted by Gasteiger charge is 2.39. The molecule has 0 saturated heterocycles. The lowest BCUT2D eigenvalue weighted by Gasteiger charge is -2.20. The van der Waals surface area contributed by atoms with Gasteiger partial charge in [-0.25, -0.2) is 4.57 Å². The lowest BCUT2D eigenvalue weighted by Crippen LogP contribution is -2.29. The van der Waals surface area contributed by atoms with Crippen molar-refractivity contribution in [2.45, 2.75) is 199 Å². The van der Waals surface area contributed by atoms with Crippen LogP contribution in [0, 0.1) is 11.8 Å².